The quantitative estimate of drug-likeness (QED) is 0.542. The van der Waals surface area contributed by atoms with Crippen molar-refractivity contribution in [3.8, 4) is 11.5 Å². The first kappa shape index (κ1) is 21.3. The molecule has 0 saturated carbocycles. The number of pyridine rings is 1. The van der Waals surface area contributed by atoms with Gasteiger partial charge in [-0.05, 0) is 42.5 Å². The van der Waals surface area contributed by atoms with E-state index in [1.165, 1.54) is 17.9 Å². The monoisotopic (exact) mass is 438 g/mol. The van der Waals surface area contributed by atoms with Crippen molar-refractivity contribution in [2.75, 3.05) is 17.7 Å². The molecule has 0 spiro atoms. The van der Waals surface area contributed by atoms with Gasteiger partial charge in [0.1, 0.15) is 18.6 Å². The molecule has 3 aromatic rings. The Morgan fingerprint density at radius 3 is 2.10 bits per heavy atom. The summed E-state index contributed by atoms with van der Waals surface area (Å²) in [5, 5.41) is 4.43. The summed E-state index contributed by atoms with van der Waals surface area (Å²) >= 11 is 5.57. The number of nitrogens with zero attached hydrogens (tertiary/aromatic N) is 1. The molecule has 156 valence electrons. The second kappa shape index (κ2) is 8.91. The lowest BCUT2D eigenvalue weighted by Crippen LogP contribution is -2.39. The van der Waals surface area contributed by atoms with Crippen molar-refractivity contribution in [2.45, 2.75) is 6.18 Å². The van der Waals surface area contributed by atoms with Crippen molar-refractivity contribution in [1.29, 1.82) is 0 Å². The SMILES string of the molecule is CO[n+]1ccc(Oc2ccc(NC(=O)Nc3ccc(Cl)c(C(F)(F)F)c3)cc2)cc1. The van der Waals surface area contributed by atoms with Gasteiger partial charge in [0.15, 0.2) is 0 Å². The van der Waals surface area contributed by atoms with E-state index in [2.05, 4.69) is 10.6 Å². The largest absolute Gasteiger partial charge is 0.457 e. The number of benzene rings is 2. The third-order valence-corrected chi connectivity index (χ3v) is 4.19. The number of urea groups is 1. The maximum absolute atomic E-state index is 12.9. The first-order valence-corrected chi connectivity index (χ1v) is 8.91. The Morgan fingerprint density at radius 1 is 0.933 bits per heavy atom. The van der Waals surface area contributed by atoms with Crippen LogP contribution in [0, 0.1) is 0 Å². The van der Waals surface area contributed by atoms with Gasteiger partial charge in [-0.3, -0.25) is 4.84 Å². The molecule has 10 heteroatoms. The minimum Gasteiger partial charge on any atom is -0.457 e. The zero-order valence-corrected chi connectivity index (χ0v) is 16.3. The second-order valence-corrected chi connectivity index (χ2v) is 6.38. The summed E-state index contributed by atoms with van der Waals surface area (Å²) in [7, 11) is 1.53. The van der Waals surface area contributed by atoms with Crippen LogP contribution in [0.1, 0.15) is 5.56 Å². The van der Waals surface area contributed by atoms with Gasteiger partial charge >= 0.3 is 12.2 Å². The number of nitrogens with one attached hydrogen (secondary N) is 2. The average Bonchev–Trinajstić information content (AvgIpc) is 2.70. The molecule has 3 rings (SSSR count). The molecule has 0 saturated heterocycles. The van der Waals surface area contributed by atoms with Crippen molar-refractivity contribution >= 4 is 29.0 Å². The molecule has 0 unspecified atom stereocenters. The number of carbonyl (C=O) groups excluding carboxylic acids is 1. The van der Waals surface area contributed by atoms with E-state index in [1.807, 2.05) is 0 Å². The normalized spacial score (nSPS) is 11.0. The third kappa shape index (κ3) is 5.54. The molecule has 1 aromatic heterocycles. The fraction of sp³-hybridized carbons (Fsp3) is 0.100. The van der Waals surface area contributed by atoms with E-state index in [-0.39, 0.29) is 5.69 Å². The third-order valence-electron chi connectivity index (χ3n) is 3.86. The number of ether oxygens (including phenoxy) is 1. The molecule has 2 amide bonds. The number of alkyl halides is 3. The van der Waals surface area contributed by atoms with Gasteiger partial charge in [0, 0.05) is 28.2 Å². The first-order chi connectivity index (χ1) is 14.2. The van der Waals surface area contributed by atoms with Crippen molar-refractivity contribution < 1.29 is 32.3 Å². The Bertz CT molecular complexity index is 1030. The van der Waals surface area contributed by atoms with Gasteiger partial charge in [-0.2, -0.15) is 13.2 Å². The number of hydrogen-bond donors (Lipinski definition) is 2. The topological polar surface area (TPSA) is 63.5 Å². The number of rotatable bonds is 5. The lowest BCUT2D eigenvalue weighted by atomic mass is 10.2. The lowest BCUT2D eigenvalue weighted by Gasteiger charge is -2.12. The Hall–Kier alpha value is -3.46. The lowest BCUT2D eigenvalue weighted by molar-refractivity contribution is -0.885. The first-order valence-electron chi connectivity index (χ1n) is 8.53. The van der Waals surface area contributed by atoms with Crippen LogP contribution in [0.5, 0.6) is 11.5 Å². The van der Waals surface area contributed by atoms with E-state index in [0.29, 0.717) is 17.2 Å². The summed E-state index contributed by atoms with van der Waals surface area (Å²) in [5.74, 6) is 1.12. The molecule has 1 heterocycles. The molecule has 0 atom stereocenters. The van der Waals surface area contributed by atoms with Gasteiger partial charge in [0.05, 0.1) is 10.6 Å². The van der Waals surface area contributed by atoms with Gasteiger partial charge < -0.3 is 15.4 Å². The van der Waals surface area contributed by atoms with Gasteiger partial charge in [-0.1, -0.05) is 11.6 Å². The maximum Gasteiger partial charge on any atom is 0.417 e. The molecule has 2 N–H and O–H groups in total. The molecule has 0 fully saturated rings. The van der Waals surface area contributed by atoms with Gasteiger partial charge in [-0.15, -0.1) is 0 Å². The zero-order valence-electron chi connectivity index (χ0n) is 15.5. The smallest absolute Gasteiger partial charge is 0.417 e. The summed E-state index contributed by atoms with van der Waals surface area (Å²) in [6.07, 6.45) is -1.27. The molecule has 0 radical (unpaired) electrons. The minimum absolute atomic E-state index is 0.0402. The predicted molar refractivity (Wildman–Crippen MR) is 105 cm³/mol. The van der Waals surface area contributed by atoms with Crippen LogP contribution in [0.15, 0.2) is 67.0 Å². The summed E-state index contributed by atoms with van der Waals surface area (Å²) < 4.78 is 45.9. The summed E-state index contributed by atoms with van der Waals surface area (Å²) in [6.45, 7) is 0. The summed E-state index contributed by atoms with van der Waals surface area (Å²) in [5.41, 5.74) is -0.642. The number of aromatic nitrogens is 1. The summed E-state index contributed by atoms with van der Waals surface area (Å²) in [6, 6.07) is 12.3. The Kier molecular flexibility index (Phi) is 6.31. The second-order valence-electron chi connectivity index (χ2n) is 5.97. The number of amides is 2. The van der Waals surface area contributed by atoms with Crippen LogP contribution < -0.4 is 24.9 Å². The van der Waals surface area contributed by atoms with E-state index >= 15 is 0 Å². The highest BCUT2D eigenvalue weighted by Crippen LogP contribution is 2.36. The Morgan fingerprint density at radius 2 is 1.50 bits per heavy atom. The van der Waals surface area contributed by atoms with E-state index in [1.54, 1.807) is 48.8 Å². The van der Waals surface area contributed by atoms with Gasteiger partial charge in [0.2, 0.25) is 12.4 Å². The number of carbonyl (C=O) groups is 1. The number of anilines is 2. The van der Waals surface area contributed by atoms with Crippen molar-refractivity contribution in [2.24, 2.45) is 0 Å². The molecule has 6 nitrogen and oxygen atoms in total. The maximum atomic E-state index is 12.9. The van der Waals surface area contributed by atoms with Crippen LogP contribution in [0.3, 0.4) is 0 Å². The van der Waals surface area contributed by atoms with Crippen LogP contribution in [0.25, 0.3) is 0 Å². The highest BCUT2D eigenvalue weighted by molar-refractivity contribution is 6.31. The van der Waals surface area contributed by atoms with Crippen LogP contribution in [-0.2, 0) is 6.18 Å². The highest BCUT2D eigenvalue weighted by Gasteiger charge is 2.33. The van der Waals surface area contributed by atoms with Crippen LogP contribution in [0.2, 0.25) is 5.02 Å². The Labute approximate surface area is 174 Å². The van der Waals surface area contributed by atoms with Gasteiger partial charge in [-0.25, -0.2) is 4.79 Å². The Balaban J connectivity index is 1.60. The average molecular weight is 439 g/mol. The number of halogens is 4. The van der Waals surface area contributed by atoms with Crippen LogP contribution in [-0.4, -0.2) is 13.1 Å². The molecule has 30 heavy (non-hydrogen) atoms. The fourth-order valence-electron chi connectivity index (χ4n) is 2.44. The van der Waals surface area contributed by atoms with Gasteiger partial charge in [0.25, 0.3) is 0 Å². The van der Waals surface area contributed by atoms with Crippen LogP contribution in [0.4, 0.5) is 29.3 Å². The minimum atomic E-state index is -4.62. The summed E-state index contributed by atoms with van der Waals surface area (Å²) in [4.78, 5) is 17.1. The van der Waals surface area contributed by atoms with Crippen molar-refractivity contribution in [3.63, 3.8) is 0 Å². The zero-order chi connectivity index (χ0) is 21.7. The number of hydrogen-bond acceptors (Lipinski definition) is 3. The van der Waals surface area contributed by atoms with E-state index in [4.69, 9.17) is 21.2 Å². The van der Waals surface area contributed by atoms with E-state index in [0.717, 1.165) is 12.1 Å². The van der Waals surface area contributed by atoms with Crippen LogP contribution >= 0.6 is 11.6 Å². The standard InChI is InChI=1S/C20H15ClF3N3O3/c1-29-27-10-8-16(9-11-27)30-15-5-2-13(3-6-15)25-19(28)26-14-4-7-18(21)17(12-14)20(22,23)24/h2-12H,1H3,(H-,25,26,28)/p+1. The molecule has 0 bridgehead atoms. The molecular weight excluding hydrogens is 423 g/mol. The van der Waals surface area contributed by atoms with Crippen molar-refractivity contribution in [3.05, 3.63) is 77.6 Å². The predicted octanol–water partition coefficient (Wildman–Crippen LogP) is 5.14. The fourth-order valence-corrected chi connectivity index (χ4v) is 2.67. The molecule has 0 aliphatic carbocycles. The molecule has 0 aliphatic rings. The molecular formula is C20H16ClF3N3O3+. The van der Waals surface area contributed by atoms with E-state index in [9.17, 15) is 18.0 Å². The van der Waals surface area contributed by atoms with E-state index < -0.39 is 22.8 Å². The highest BCUT2D eigenvalue weighted by atomic mass is 35.5. The molecule has 2 aromatic carbocycles. The van der Waals surface area contributed by atoms with Crippen molar-refractivity contribution in [1.82, 2.24) is 0 Å². The molecule has 0 aliphatic heterocycles.